The van der Waals surface area contributed by atoms with Gasteiger partial charge in [-0.05, 0) is 31.2 Å². The van der Waals surface area contributed by atoms with E-state index in [0.29, 0.717) is 0 Å². The molecule has 0 unspecified atom stereocenters. The Kier molecular flexibility index (Phi) is 3.81. The molecular formula is C17H15NO5S. The highest BCUT2D eigenvalue weighted by atomic mass is 32.2. The normalized spacial score (nSPS) is 11.6. The fourth-order valence-electron chi connectivity index (χ4n) is 2.50. The summed E-state index contributed by atoms with van der Waals surface area (Å²) in [6, 6.07) is 9.20. The quantitative estimate of drug-likeness (QED) is 0.709. The fraction of sp³-hybridized carbons (Fsp3) is 0.118. The third kappa shape index (κ3) is 2.33. The number of pyridine rings is 1. The molecule has 1 heterocycles. The summed E-state index contributed by atoms with van der Waals surface area (Å²) in [5.41, 5.74) is 0.963. The topological polar surface area (TPSA) is 96.7 Å². The fourth-order valence-corrected chi connectivity index (χ4v) is 4.02. The van der Waals surface area contributed by atoms with Gasteiger partial charge in [0.05, 0.1) is 12.0 Å². The van der Waals surface area contributed by atoms with E-state index >= 15 is 0 Å². The number of phenolic OH excluding ortho intramolecular Hbond substituents is 2. The monoisotopic (exact) mass is 345 g/mol. The molecule has 3 rings (SSSR count). The van der Waals surface area contributed by atoms with E-state index in [4.69, 9.17) is 4.74 Å². The molecule has 3 aromatic rings. The van der Waals surface area contributed by atoms with Crippen molar-refractivity contribution in [3.63, 3.8) is 0 Å². The van der Waals surface area contributed by atoms with Gasteiger partial charge in [0.15, 0.2) is 16.4 Å². The van der Waals surface area contributed by atoms with Crippen LogP contribution < -0.4 is 4.74 Å². The average Bonchev–Trinajstić information content (AvgIpc) is 2.58. The summed E-state index contributed by atoms with van der Waals surface area (Å²) in [6.07, 6.45) is 1.43. The maximum absolute atomic E-state index is 13.0. The number of phenols is 2. The molecule has 0 saturated carbocycles. The number of sulfone groups is 1. The van der Waals surface area contributed by atoms with Crippen molar-refractivity contribution >= 4 is 20.7 Å². The van der Waals surface area contributed by atoms with Crippen LogP contribution in [0.25, 0.3) is 10.9 Å². The second kappa shape index (κ2) is 5.68. The first-order chi connectivity index (χ1) is 11.4. The number of aromatic nitrogens is 1. The smallest absolute Gasteiger partial charge is 0.214 e. The highest BCUT2D eigenvalue weighted by Gasteiger charge is 2.31. The van der Waals surface area contributed by atoms with Gasteiger partial charge in [0.25, 0.3) is 0 Å². The Morgan fingerprint density at radius 3 is 2.33 bits per heavy atom. The van der Waals surface area contributed by atoms with Crippen molar-refractivity contribution in [2.75, 3.05) is 7.11 Å². The van der Waals surface area contributed by atoms with E-state index in [1.165, 1.54) is 37.6 Å². The van der Waals surface area contributed by atoms with Gasteiger partial charge in [-0.3, -0.25) is 4.98 Å². The van der Waals surface area contributed by atoms with Gasteiger partial charge in [-0.15, -0.1) is 0 Å². The van der Waals surface area contributed by atoms with Crippen molar-refractivity contribution in [1.82, 2.24) is 4.98 Å². The minimum absolute atomic E-state index is 0.00987. The molecule has 0 bridgehead atoms. The highest BCUT2D eigenvalue weighted by molar-refractivity contribution is 7.91. The first-order valence-electron chi connectivity index (χ1n) is 7.06. The number of rotatable bonds is 3. The van der Waals surface area contributed by atoms with E-state index in [2.05, 4.69) is 4.98 Å². The van der Waals surface area contributed by atoms with Crippen molar-refractivity contribution in [3.05, 3.63) is 48.2 Å². The SMILES string of the molecule is COc1c(S(=O)(=O)c2ccc(C)cc2)c(O)c2cccnc2c1O. The summed E-state index contributed by atoms with van der Waals surface area (Å²) in [7, 11) is -2.89. The Morgan fingerprint density at radius 2 is 1.71 bits per heavy atom. The molecule has 0 aliphatic rings. The molecule has 2 aromatic carbocycles. The van der Waals surface area contributed by atoms with Crippen molar-refractivity contribution < 1.29 is 23.4 Å². The van der Waals surface area contributed by atoms with E-state index in [1.807, 2.05) is 6.92 Å². The number of hydrogen-bond acceptors (Lipinski definition) is 6. The molecule has 124 valence electrons. The number of aryl methyl sites for hydroxylation is 1. The van der Waals surface area contributed by atoms with E-state index in [0.717, 1.165) is 5.56 Å². The molecule has 0 fully saturated rings. The minimum atomic E-state index is -4.11. The molecule has 0 saturated heterocycles. The van der Waals surface area contributed by atoms with Gasteiger partial charge in [-0.2, -0.15) is 0 Å². The van der Waals surface area contributed by atoms with Crippen molar-refractivity contribution in [2.45, 2.75) is 16.7 Å². The van der Waals surface area contributed by atoms with Crippen LogP contribution in [0.4, 0.5) is 0 Å². The van der Waals surface area contributed by atoms with Gasteiger partial charge in [0.1, 0.15) is 11.3 Å². The molecule has 1 aromatic heterocycles. The van der Waals surface area contributed by atoms with Crippen LogP contribution >= 0.6 is 0 Å². The summed E-state index contributed by atoms with van der Waals surface area (Å²) >= 11 is 0. The van der Waals surface area contributed by atoms with Gasteiger partial charge >= 0.3 is 0 Å². The van der Waals surface area contributed by atoms with E-state index < -0.39 is 26.2 Å². The van der Waals surface area contributed by atoms with Gasteiger partial charge in [-0.25, -0.2) is 8.42 Å². The molecule has 2 N–H and O–H groups in total. The number of benzene rings is 2. The number of nitrogens with zero attached hydrogens (tertiary/aromatic N) is 1. The number of hydrogen-bond donors (Lipinski definition) is 2. The Balaban J connectivity index is 2.41. The number of ether oxygens (including phenoxy) is 1. The van der Waals surface area contributed by atoms with Crippen molar-refractivity contribution in [1.29, 1.82) is 0 Å². The van der Waals surface area contributed by atoms with Gasteiger partial charge in [0, 0.05) is 11.6 Å². The number of methoxy groups -OCH3 is 1. The Labute approximate surface area is 138 Å². The van der Waals surface area contributed by atoms with Crippen LogP contribution in [0.15, 0.2) is 52.4 Å². The van der Waals surface area contributed by atoms with Crippen LogP contribution in [0, 0.1) is 6.92 Å². The molecule has 0 amide bonds. The Hall–Kier alpha value is -2.80. The van der Waals surface area contributed by atoms with Crippen LogP contribution in [0.5, 0.6) is 17.2 Å². The van der Waals surface area contributed by atoms with Gasteiger partial charge in [-0.1, -0.05) is 17.7 Å². The van der Waals surface area contributed by atoms with Crippen LogP contribution in [0.2, 0.25) is 0 Å². The number of aromatic hydroxyl groups is 2. The minimum Gasteiger partial charge on any atom is -0.506 e. The van der Waals surface area contributed by atoms with E-state index in [9.17, 15) is 18.6 Å². The second-order valence-electron chi connectivity index (χ2n) is 5.28. The molecule has 7 heteroatoms. The van der Waals surface area contributed by atoms with Crippen molar-refractivity contribution in [3.8, 4) is 17.2 Å². The summed E-state index contributed by atoms with van der Waals surface area (Å²) in [4.78, 5) is 3.48. The lowest BCUT2D eigenvalue weighted by Gasteiger charge is -2.15. The average molecular weight is 345 g/mol. The van der Waals surface area contributed by atoms with Gasteiger partial charge < -0.3 is 14.9 Å². The van der Waals surface area contributed by atoms with Crippen LogP contribution in [-0.2, 0) is 9.84 Å². The zero-order valence-corrected chi connectivity index (χ0v) is 13.8. The third-order valence-electron chi connectivity index (χ3n) is 3.73. The molecule has 0 aliphatic carbocycles. The Bertz CT molecular complexity index is 1030. The largest absolute Gasteiger partial charge is 0.506 e. The standard InChI is InChI=1S/C17H15NO5S/c1-10-5-7-11(8-6-10)24(21,22)17-14(19)12-4-3-9-18-13(12)15(20)16(17)23-2/h3-9,19-20H,1-2H3. The first-order valence-corrected chi connectivity index (χ1v) is 8.54. The summed E-state index contributed by atoms with van der Waals surface area (Å²) in [6.45, 7) is 1.84. The second-order valence-corrected chi connectivity index (χ2v) is 7.16. The van der Waals surface area contributed by atoms with Crippen LogP contribution in [0.3, 0.4) is 0 Å². The molecule has 0 atom stereocenters. The van der Waals surface area contributed by atoms with Crippen molar-refractivity contribution in [2.24, 2.45) is 0 Å². The molecular weight excluding hydrogens is 330 g/mol. The summed E-state index contributed by atoms with van der Waals surface area (Å²) in [5.74, 6) is -1.27. The zero-order valence-electron chi connectivity index (χ0n) is 13.0. The first kappa shape index (κ1) is 16.1. The highest BCUT2D eigenvalue weighted by Crippen LogP contribution is 2.47. The molecule has 6 nitrogen and oxygen atoms in total. The predicted molar refractivity (Wildman–Crippen MR) is 88.3 cm³/mol. The predicted octanol–water partition coefficient (Wildman–Crippen LogP) is 2.80. The lowest BCUT2D eigenvalue weighted by atomic mass is 10.1. The zero-order chi connectivity index (χ0) is 17.5. The number of fused-ring (bicyclic) bond motifs is 1. The van der Waals surface area contributed by atoms with Crippen LogP contribution in [-0.4, -0.2) is 30.7 Å². The van der Waals surface area contributed by atoms with E-state index in [-0.39, 0.29) is 21.5 Å². The molecule has 0 radical (unpaired) electrons. The molecule has 0 spiro atoms. The maximum Gasteiger partial charge on any atom is 0.214 e. The lowest BCUT2D eigenvalue weighted by Crippen LogP contribution is -2.06. The third-order valence-corrected chi connectivity index (χ3v) is 5.54. The molecule has 0 aliphatic heterocycles. The van der Waals surface area contributed by atoms with Gasteiger partial charge in [0.2, 0.25) is 9.84 Å². The molecule has 24 heavy (non-hydrogen) atoms. The lowest BCUT2D eigenvalue weighted by molar-refractivity contribution is 0.357. The van der Waals surface area contributed by atoms with E-state index in [1.54, 1.807) is 12.1 Å². The summed E-state index contributed by atoms with van der Waals surface area (Å²) in [5, 5.41) is 21.0. The Morgan fingerprint density at radius 1 is 1.04 bits per heavy atom. The summed E-state index contributed by atoms with van der Waals surface area (Å²) < 4.78 is 31.0. The maximum atomic E-state index is 13.0. The van der Waals surface area contributed by atoms with Crippen LogP contribution in [0.1, 0.15) is 5.56 Å².